The Bertz CT molecular complexity index is 850. The van der Waals surface area contributed by atoms with Gasteiger partial charge in [-0.1, -0.05) is 24.9 Å². The summed E-state index contributed by atoms with van der Waals surface area (Å²) in [5, 5.41) is 7.14. The molecule has 1 N–H and O–H groups in total. The van der Waals surface area contributed by atoms with Gasteiger partial charge in [0.05, 0.1) is 10.7 Å². The van der Waals surface area contributed by atoms with Gasteiger partial charge in [-0.3, -0.25) is 9.59 Å². The standard InChI is InChI=1S/C17H18ClN3O4/c1-2-3-6-21-16(22)5-4-12(20-21)17(23)19-13-10-15-14(9-11(13)18)24-7-8-25-15/h4-5,9-10H,2-3,6-8H2,1H3,(H,19,23). The number of carbonyl (C=O) groups is 1. The molecule has 0 atom stereocenters. The van der Waals surface area contributed by atoms with Gasteiger partial charge in [0.2, 0.25) is 0 Å². The molecule has 0 aliphatic carbocycles. The van der Waals surface area contributed by atoms with E-state index in [4.69, 9.17) is 21.1 Å². The molecule has 7 nitrogen and oxygen atoms in total. The Morgan fingerprint density at radius 1 is 1.28 bits per heavy atom. The number of benzene rings is 1. The van der Waals surface area contributed by atoms with Crippen LogP contribution in [0.1, 0.15) is 30.3 Å². The summed E-state index contributed by atoms with van der Waals surface area (Å²) in [6.07, 6.45) is 1.74. The van der Waals surface area contributed by atoms with Gasteiger partial charge >= 0.3 is 0 Å². The van der Waals surface area contributed by atoms with Gasteiger partial charge in [0.25, 0.3) is 11.5 Å². The van der Waals surface area contributed by atoms with Crippen LogP contribution in [-0.2, 0) is 6.54 Å². The molecule has 0 bridgehead atoms. The van der Waals surface area contributed by atoms with Gasteiger partial charge in [-0.15, -0.1) is 0 Å². The molecule has 0 saturated heterocycles. The van der Waals surface area contributed by atoms with Crippen LogP contribution in [0, 0.1) is 0 Å². The molecule has 2 aromatic rings. The second-order valence-corrected chi connectivity index (χ2v) is 5.97. The summed E-state index contributed by atoms with van der Waals surface area (Å²) in [4.78, 5) is 24.2. The molecule has 0 radical (unpaired) electrons. The first-order chi connectivity index (χ1) is 12.1. The Balaban J connectivity index is 1.81. The van der Waals surface area contributed by atoms with Crippen LogP contribution >= 0.6 is 11.6 Å². The van der Waals surface area contributed by atoms with E-state index in [0.717, 1.165) is 12.8 Å². The van der Waals surface area contributed by atoms with Crippen LogP contribution in [0.15, 0.2) is 29.1 Å². The van der Waals surface area contributed by atoms with Gasteiger partial charge < -0.3 is 14.8 Å². The third kappa shape index (κ3) is 3.93. The molecule has 1 aromatic carbocycles. The van der Waals surface area contributed by atoms with Crippen LogP contribution in [0.5, 0.6) is 11.5 Å². The lowest BCUT2D eigenvalue weighted by Gasteiger charge is -2.20. The van der Waals surface area contributed by atoms with Crippen LogP contribution in [0.4, 0.5) is 5.69 Å². The molecule has 1 aliphatic heterocycles. The molecule has 132 valence electrons. The van der Waals surface area contributed by atoms with E-state index in [2.05, 4.69) is 10.4 Å². The van der Waals surface area contributed by atoms with Gasteiger partial charge in [-0.05, 0) is 12.5 Å². The summed E-state index contributed by atoms with van der Waals surface area (Å²) in [6, 6.07) is 5.94. The molecule has 1 aliphatic rings. The highest BCUT2D eigenvalue weighted by atomic mass is 35.5. The predicted octanol–water partition coefficient (Wildman–Crippen LogP) is 2.72. The number of carbonyl (C=O) groups excluding carboxylic acids is 1. The quantitative estimate of drug-likeness (QED) is 0.883. The first-order valence-electron chi connectivity index (χ1n) is 8.07. The molecule has 0 unspecified atom stereocenters. The summed E-state index contributed by atoms with van der Waals surface area (Å²) in [7, 11) is 0. The van der Waals surface area contributed by atoms with Crippen molar-refractivity contribution in [1.29, 1.82) is 0 Å². The topological polar surface area (TPSA) is 82.5 Å². The minimum Gasteiger partial charge on any atom is -0.486 e. The van der Waals surface area contributed by atoms with Crippen LogP contribution < -0.4 is 20.3 Å². The molecule has 0 saturated carbocycles. The number of anilines is 1. The molecule has 0 spiro atoms. The van der Waals surface area contributed by atoms with E-state index in [1.807, 2.05) is 6.92 Å². The van der Waals surface area contributed by atoms with Crippen molar-refractivity contribution in [2.45, 2.75) is 26.3 Å². The van der Waals surface area contributed by atoms with Crippen molar-refractivity contribution in [2.24, 2.45) is 0 Å². The second kappa shape index (κ2) is 7.57. The lowest BCUT2D eigenvalue weighted by Crippen LogP contribution is -2.26. The average Bonchev–Trinajstić information content (AvgIpc) is 2.61. The molecule has 3 rings (SSSR count). The number of ether oxygens (including phenoxy) is 2. The van der Waals surface area contributed by atoms with E-state index >= 15 is 0 Å². The number of nitrogens with one attached hydrogen (secondary N) is 1. The molecule has 1 aromatic heterocycles. The fourth-order valence-corrected chi connectivity index (χ4v) is 2.59. The summed E-state index contributed by atoms with van der Waals surface area (Å²) in [5.41, 5.74) is 0.299. The van der Waals surface area contributed by atoms with Gasteiger partial charge in [0.1, 0.15) is 18.9 Å². The highest BCUT2D eigenvalue weighted by Gasteiger charge is 2.17. The highest BCUT2D eigenvalue weighted by Crippen LogP contribution is 2.38. The monoisotopic (exact) mass is 363 g/mol. The van der Waals surface area contributed by atoms with Crippen LogP contribution in [0.25, 0.3) is 0 Å². The third-order valence-electron chi connectivity index (χ3n) is 3.70. The molecule has 25 heavy (non-hydrogen) atoms. The Labute approximate surface area is 149 Å². The van der Waals surface area contributed by atoms with Gasteiger partial charge in [0.15, 0.2) is 11.5 Å². The van der Waals surface area contributed by atoms with Crippen LogP contribution in [-0.4, -0.2) is 28.9 Å². The van der Waals surface area contributed by atoms with E-state index in [9.17, 15) is 9.59 Å². The van der Waals surface area contributed by atoms with Crippen molar-refractivity contribution in [3.05, 3.63) is 45.3 Å². The van der Waals surface area contributed by atoms with Crippen molar-refractivity contribution in [1.82, 2.24) is 9.78 Å². The fraction of sp³-hybridized carbons (Fsp3) is 0.353. The van der Waals surface area contributed by atoms with E-state index in [1.165, 1.54) is 16.8 Å². The number of nitrogens with zero attached hydrogens (tertiary/aromatic N) is 2. The molecule has 8 heteroatoms. The van der Waals surface area contributed by atoms with Gasteiger partial charge in [0, 0.05) is 24.7 Å². The zero-order chi connectivity index (χ0) is 17.8. The number of rotatable bonds is 5. The maximum absolute atomic E-state index is 12.5. The van der Waals surface area contributed by atoms with Crippen molar-refractivity contribution in [3.8, 4) is 11.5 Å². The SMILES string of the molecule is CCCCn1nc(C(=O)Nc2cc3c(cc2Cl)OCCO3)ccc1=O. The largest absolute Gasteiger partial charge is 0.486 e. The van der Waals surface area contributed by atoms with Crippen molar-refractivity contribution < 1.29 is 14.3 Å². The number of unbranched alkanes of at least 4 members (excludes halogenated alkanes) is 1. The van der Waals surface area contributed by atoms with Crippen LogP contribution in [0.2, 0.25) is 5.02 Å². The molecule has 1 amide bonds. The maximum Gasteiger partial charge on any atom is 0.276 e. The predicted molar refractivity (Wildman–Crippen MR) is 93.8 cm³/mol. The zero-order valence-corrected chi connectivity index (χ0v) is 14.5. The average molecular weight is 364 g/mol. The highest BCUT2D eigenvalue weighted by molar-refractivity contribution is 6.34. The van der Waals surface area contributed by atoms with E-state index in [1.54, 1.807) is 12.1 Å². The van der Waals surface area contributed by atoms with E-state index in [-0.39, 0.29) is 11.3 Å². The second-order valence-electron chi connectivity index (χ2n) is 5.56. The van der Waals surface area contributed by atoms with Crippen molar-refractivity contribution >= 4 is 23.2 Å². The smallest absolute Gasteiger partial charge is 0.276 e. The Morgan fingerprint density at radius 2 is 2.00 bits per heavy atom. The van der Waals surface area contributed by atoms with Gasteiger partial charge in [-0.25, -0.2) is 4.68 Å². The van der Waals surface area contributed by atoms with Crippen molar-refractivity contribution in [2.75, 3.05) is 18.5 Å². The first-order valence-corrected chi connectivity index (χ1v) is 8.45. The van der Waals surface area contributed by atoms with Crippen LogP contribution in [0.3, 0.4) is 0 Å². The summed E-state index contributed by atoms with van der Waals surface area (Å²) >= 11 is 6.19. The lowest BCUT2D eigenvalue weighted by atomic mass is 10.2. The number of halogens is 1. The fourth-order valence-electron chi connectivity index (χ4n) is 2.38. The number of amides is 1. The van der Waals surface area contributed by atoms with Crippen molar-refractivity contribution in [3.63, 3.8) is 0 Å². The molecule has 2 heterocycles. The summed E-state index contributed by atoms with van der Waals surface area (Å²) in [5.74, 6) is 0.608. The minimum atomic E-state index is -0.455. The number of aromatic nitrogens is 2. The lowest BCUT2D eigenvalue weighted by molar-refractivity contribution is 0.101. The molecule has 0 fully saturated rings. The van der Waals surface area contributed by atoms with E-state index < -0.39 is 5.91 Å². The normalized spacial score (nSPS) is 12.7. The maximum atomic E-state index is 12.5. The summed E-state index contributed by atoms with van der Waals surface area (Å²) in [6.45, 7) is 3.39. The Kier molecular flexibility index (Phi) is 5.23. The molecular formula is C17H18ClN3O4. The minimum absolute atomic E-state index is 0.140. The number of fused-ring (bicyclic) bond motifs is 1. The first kappa shape index (κ1) is 17.3. The Morgan fingerprint density at radius 3 is 2.72 bits per heavy atom. The van der Waals surface area contributed by atoms with E-state index in [0.29, 0.717) is 42.0 Å². The summed E-state index contributed by atoms with van der Waals surface area (Å²) < 4.78 is 12.2. The third-order valence-corrected chi connectivity index (χ3v) is 4.02. The number of aryl methyl sites for hydroxylation is 1. The molecular weight excluding hydrogens is 346 g/mol. The van der Waals surface area contributed by atoms with Gasteiger partial charge in [-0.2, -0.15) is 5.10 Å². The number of hydrogen-bond donors (Lipinski definition) is 1. The Hall–Kier alpha value is -2.54. The zero-order valence-electron chi connectivity index (χ0n) is 13.8. The number of hydrogen-bond acceptors (Lipinski definition) is 5.